The number of nitrogens with one attached hydrogen (secondary N) is 1. The average Bonchev–Trinajstić information content (AvgIpc) is 2.44. The van der Waals surface area contributed by atoms with E-state index in [-0.39, 0.29) is 11.3 Å². The van der Waals surface area contributed by atoms with E-state index in [4.69, 9.17) is 0 Å². The lowest BCUT2D eigenvalue weighted by Gasteiger charge is -2.34. The van der Waals surface area contributed by atoms with Gasteiger partial charge in [0.2, 0.25) is 5.91 Å². The van der Waals surface area contributed by atoms with E-state index in [1.807, 2.05) is 33.9 Å². The zero-order valence-corrected chi connectivity index (χ0v) is 13.5. The number of piperidine rings is 1. The normalized spacial score (nSPS) is 19.4. The number of amides is 1. The van der Waals surface area contributed by atoms with Crippen LogP contribution in [0.2, 0.25) is 0 Å². The summed E-state index contributed by atoms with van der Waals surface area (Å²) >= 11 is 0. The predicted molar refractivity (Wildman–Crippen MR) is 84.2 cm³/mol. The molecule has 1 aliphatic rings. The molecule has 0 spiro atoms. The van der Waals surface area contributed by atoms with Crippen LogP contribution in [-0.2, 0) is 4.79 Å². The summed E-state index contributed by atoms with van der Waals surface area (Å²) in [4.78, 5) is 23.0. The summed E-state index contributed by atoms with van der Waals surface area (Å²) in [6.07, 6.45) is 5.88. The first-order chi connectivity index (χ1) is 9.86. The quantitative estimate of drug-likeness (QED) is 0.927. The van der Waals surface area contributed by atoms with Crippen LogP contribution in [0.5, 0.6) is 0 Å². The molecule has 1 fully saturated rings. The number of hydrogen-bond acceptors (Lipinski definition) is 4. The Kier molecular flexibility index (Phi) is 4.80. The molecule has 1 amide bonds. The topological polar surface area (TPSA) is 58.1 Å². The zero-order valence-electron chi connectivity index (χ0n) is 13.5. The van der Waals surface area contributed by atoms with Crippen molar-refractivity contribution in [3.05, 3.63) is 18.1 Å². The number of carbonyl (C=O) groups excluding carboxylic acids is 1. The maximum atomic E-state index is 12.0. The maximum absolute atomic E-state index is 12.0. The third-order valence-electron chi connectivity index (χ3n) is 3.82. The fourth-order valence-corrected chi connectivity index (χ4v) is 2.54. The first-order valence-electron chi connectivity index (χ1n) is 7.68. The van der Waals surface area contributed by atoms with Gasteiger partial charge in [-0.1, -0.05) is 20.8 Å². The Morgan fingerprint density at radius 1 is 1.43 bits per heavy atom. The van der Waals surface area contributed by atoms with Gasteiger partial charge in [0, 0.05) is 31.2 Å². The molecule has 5 heteroatoms. The highest BCUT2D eigenvalue weighted by Gasteiger charge is 2.25. The Balaban J connectivity index is 1.91. The molecule has 1 saturated heterocycles. The van der Waals surface area contributed by atoms with Crippen LogP contribution in [0, 0.1) is 18.3 Å². The lowest BCUT2D eigenvalue weighted by atomic mass is 9.94. The van der Waals surface area contributed by atoms with Crippen molar-refractivity contribution in [2.24, 2.45) is 11.3 Å². The van der Waals surface area contributed by atoms with Crippen molar-refractivity contribution in [1.29, 1.82) is 0 Å². The van der Waals surface area contributed by atoms with Crippen molar-refractivity contribution in [3.8, 4) is 0 Å². The van der Waals surface area contributed by atoms with Crippen LogP contribution in [0.3, 0.4) is 0 Å². The van der Waals surface area contributed by atoms with Crippen LogP contribution in [-0.4, -0.2) is 35.5 Å². The molecule has 0 aliphatic carbocycles. The van der Waals surface area contributed by atoms with Crippen molar-refractivity contribution in [1.82, 2.24) is 15.3 Å². The van der Waals surface area contributed by atoms with Crippen molar-refractivity contribution in [2.45, 2.75) is 40.5 Å². The summed E-state index contributed by atoms with van der Waals surface area (Å²) in [6.45, 7) is 10.5. The Morgan fingerprint density at radius 3 is 2.86 bits per heavy atom. The van der Waals surface area contributed by atoms with Crippen LogP contribution in [0.15, 0.2) is 12.4 Å². The SMILES string of the molecule is Cc1cncc(N2CCCC(CNC(=O)C(C)(C)C)C2)n1. The van der Waals surface area contributed by atoms with E-state index in [9.17, 15) is 4.79 Å². The first kappa shape index (κ1) is 15.7. The first-order valence-corrected chi connectivity index (χ1v) is 7.68. The minimum Gasteiger partial charge on any atom is -0.355 e. The predicted octanol–water partition coefficient (Wildman–Crippen LogP) is 2.16. The highest BCUT2D eigenvalue weighted by atomic mass is 16.2. The van der Waals surface area contributed by atoms with Gasteiger partial charge in [0.1, 0.15) is 5.82 Å². The Bertz CT molecular complexity index is 495. The van der Waals surface area contributed by atoms with Crippen LogP contribution < -0.4 is 10.2 Å². The van der Waals surface area contributed by atoms with Gasteiger partial charge in [-0.15, -0.1) is 0 Å². The van der Waals surface area contributed by atoms with Gasteiger partial charge in [-0.25, -0.2) is 4.98 Å². The monoisotopic (exact) mass is 290 g/mol. The molecule has 1 unspecified atom stereocenters. The Morgan fingerprint density at radius 2 is 2.19 bits per heavy atom. The standard InChI is InChI=1S/C16H26N4O/c1-12-8-17-10-14(19-12)20-7-5-6-13(11-20)9-18-15(21)16(2,3)4/h8,10,13H,5-7,9,11H2,1-4H3,(H,18,21). The molecule has 1 aliphatic heterocycles. The van der Waals surface area contributed by atoms with E-state index in [1.54, 1.807) is 6.20 Å². The molecule has 0 radical (unpaired) electrons. The molecule has 0 saturated carbocycles. The van der Waals surface area contributed by atoms with Gasteiger partial charge in [0.05, 0.1) is 11.9 Å². The lowest BCUT2D eigenvalue weighted by Crippen LogP contribution is -2.43. The van der Waals surface area contributed by atoms with Gasteiger partial charge in [-0.05, 0) is 25.7 Å². The van der Waals surface area contributed by atoms with Crippen molar-refractivity contribution >= 4 is 11.7 Å². The second-order valence-electron chi connectivity index (χ2n) is 6.93. The summed E-state index contributed by atoms with van der Waals surface area (Å²) in [5, 5.41) is 3.07. The number of anilines is 1. The van der Waals surface area contributed by atoms with Crippen LogP contribution in [0.25, 0.3) is 0 Å². The largest absolute Gasteiger partial charge is 0.355 e. The molecule has 21 heavy (non-hydrogen) atoms. The van der Waals surface area contributed by atoms with E-state index in [0.29, 0.717) is 5.92 Å². The molecular weight excluding hydrogens is 264 g/mol. The Labute approximate surface area is 127 Å². The second kappa shape index (κ2) is 6.41. The number of aryl methyl sites for hydroxylation is 1. The highest BCUT2D eigenvalue weighted by Crippen LogP contribution is 2.21. The fourth-order valence-electron chi connectivity index (χ4n) is 2.54. The Hall–Kier alpha value is -1.65. The van der Waals surface area contributed by atoms with Gasteiger partial charge in [-0.3, -0.25) is 9.78 Å². The molecule has 1 aromatic rings. The minimum atomic E-state index is -0.323. The summed E-state index contributed by atoms with van der Waals surface area (Å²) in [6, 6.07) is 0. The molecule has 116 valence electrons. The summed E-state index contributed by atoms with van der Waals surface area (Å²) in [5.41, 5.74) is 0.617. The van der Waals surface area contributed by atoms with E-state index in [2.05, 4.69) is 20.2 Å². The number of hydrogen-bond donors (Lipinski definition) is 1. The van der Waals surface area contributed by atoms with Crippen molar-refractivity contribution < 1.29 is 4.79 Å². The molecule has 2 rings (SSSR count). The molecule has 1 atom stereocenters. The van der Waals surface area contributed by atoms with Gasteiger partial charge in [0.15, 0.2) is 0 Å². The van der Waals surface area contributed by atoms with Gasteiger partial charge >= 0.3 is 0 Å². The zero-order chi connectivity index (χ0) is 15.5. The third kappa shape index (κ3) is 4.41. The third-order valence-corrected chi connectivity index (χ3v) is 3.82. The van der Waals surface area contributed by atoms with E-state index in [0.717, 1.165) is 44.0 Å². The summed E-state index contributed by atoms with van der Waals surface area (Å²) in [7, 11) is 0. The molecule has 0 bridgehead atoms. The molecule has 1 N–H and O–H groups in total. The number of nitrogens with zero attached hydrogens (tertiary/aromatic N) is 3. The van der Waals surface area contributed by atoms with Crippen LogP contribution in [0.4, 0.5) is 5.82 Å². The average molecular weight is 290 g/mol. The molecular formula is C16H26N4O. The van der Waals surface area contributed by atoms with Gasteiger partial charge in [0.25, 0.3) is 0 Å². The molecule has 0 aromatic carbocycles. The van der Waals surface area contributed by atoms with E-state index >= 15 is 0 Å². The minimum absolute atomic E-state index is 0.120. The van der Waals surface area contributed by atoms with E-state index < -0.39 is 0 Å². The number of aromatic nitrogens is 2. The molecule has 1 aromatic heterocycles. The van der Waals surface area contributed by atoms with Gasteiger partial charge < -0.3 is 10.2 Å². The van der Waals surface area contributed by atoms with Crippen molar-refractivity contribution in [2.75, 3.05) is 24.5 Å². The van der Waals surface area contributed by atoms with Gasteiger partial charge in [-0.2, -0.15) is 0 Å². The fraction of sp³-hybridized carbons (Fsp3) is 0.688. The summed E-state index contributed by atoms with van der Waals surface area (Å²) in [5.74, 6) is 1.55. The molecule has 2 heterocycles. The number of rotatable bonds is 3. The van der Waals surface area contributed by atoms with Crippen LogP contribution >= 0.6 is 0 Å². The highest BCUT2D eigenvalue weighted by molar-refractivity contribution is 5.81. The lowest BCUT2D eigenvalue weighted by molar-refractivity contribution is -0.128. The van der Waals surface area contributed by atoms with E-state index in [1.165, 1.54) is 0 Å². The van der Waals surface area contributed by atoms with Crippen LogP contribution in [0.1, 0.15) is 39.3 Å². The molecule has 5 nitrogen and oxygen atoms in total. The number of carbonyl (C=O) groups is 1. The smallest absolute Gasteiger partial charge is 0.225 e. The summed E-state index contributed by atoms with van der Waals surface area (Å²) < 4.78 is 0. The maximum Gasteiger partial charge on any atom is 0.225 e. The van der Waals surface area contributed by atoms with Crippen molar-refractivity contribution in [3.63, 3.8) is 0 Å². The second-order valence-corrected chi connectivity index (χ2v) is 6.93.